The molecule has 19 heavy (non-hydrogen) atoms. The number of carbonyl (C=O) groups is 1. The molecule has 106 valence electrons. The van der Waals surface area contributed by atoms with Gasteiger partial charge in [0.25, 0.3) is 0 Å². The highest BCUT2D eigenvalue weighted by Gasteiger charge is 2.20. The molecule has 1 unspecified atom stereocenters. The van der Waals surface area contributed by atoms with E-state index in [-0.39, 0.29) is 6.04 Å². The summed E-state index contributed by atoms with van der Waals surface area (Å²) in [6, 6.07) is 5.28. The molecule has 1 amide bonds. The van der Waals surface area contributed by atoms with Crippen molar-refractivity contribution in [3.63, 3.8) is 0 Å². The molecule has 0 spiro atoms. The summed E-state index contributed by atoms with van der Waals surface area (Å²) < 4.78 is 5.21. The molecule has 0 saturated carbocycles. The number of ether oxygens (including phenoxy) is 1. The minimum atomic E-state index is -0.529. The lowest BCUT2D eigenvalue weighted by atomic mass is 10.0. The summed E-state index contributed by atoms with van der Waals surface area (Å²) in [7, 11) is 0. The lowest BCUT2D eigenvalue weighted by Crippen LogP contribution is -2.37. The maximum absolute atomic E-state index is 11.7. The summed E-state index contributed by atoms with van der Waals surface area (Å²) in [6.07, 6.45) is -0.476. The molecule has 3 N–H and O–H groups in total. The van der Waals surface area contributed by atoms with Gasteiger partial charge < -0.3 is 15.8 Å². The number of carbonyl (C=O) groups excluding carboxylic acids is 1. The highest BCUT2D eigenvalue weighted by molar-refractivity contribution is 6.31. The van der Waals surface area contributed by atoms with Crippen LogP contribution >= 0.6 is 11.6 Å². The van der Waals surface area contributed by atoms with E-state index in [0.29, 0.717) is 11.6 Å². The highest BCUT2D eigenvalue weighted by Crippen LogP contribution is 2.21. The Bertz CT molecular complexity index is 455. The number of nitrogens with two attached hydrogens (primary N) is 1. The summed E-state index contributed by atoms with van der Waals surface area (Å²) in [6.45, 7) is 7.65. The van der Waals surface area contributed by atoms with Gasteiger partial charge in [-0.1, -0.05) is 23.7 Å². The quantitative estimate of drug-likeness (QED) is 0.896. The molecule has 5 heteroatoms. The Labute approximate surface area is 119 Å². The minimum absolute atomic E-state index is 0.286. The van der Waals surface area contributed by atoms with Crippen molar-refractivity contribution in [2.24, 2.45) is 5.73 Å². The van der Waals surface area contributed by atoms with Crippen molar-refractivity contribution in [3.05, 3.63) is 34.3 Å². The van der Waals surface area contributed by atoms with Gasteiger partial charge in [-0.15, -0.1) is 0 Å². The van der Waals surface area contributed by atoms with Crippen molar-refractivity contribution in [1.29, 1.82) is 0 Å². The van der Waals surface area contributed by atoms with E-state index in [4.69, 9.17) is 22.1 Å². The fourth-order valence-corrected chi connectivity index (χ4v) is 1.73. The number of amides is 1. The lowest BCUT2D eigenvalue weighted by Gasteiger charge is -2.23. The third kappa shape index (κ3) is 5.09. The predicted molar refractivity (Wildman–Crippen MR) is 77.4 cm³/mol. The van der Waals surface area contributed by atoms with Crippen molar-refractivity contribution < 1.29 is 9.53 Å². The maximum atomic E-state index is 11.7. The Morgan fingerprint density at radius 1 is 1.47 bits per heavy atom. The monoisotopic (exact) mass is 284 g/mol. The molecule has 1 atom stereocenters. The largest absolute Gasteiger partial charge is 0.444 e. The van der Waals surface area contributed by atoms with Gasteiger partial charge in [-0.3, -0.25) is 0 Å². The fourth-order valence-electron chi connectivity index (χ4n) is 1.61. The van der Waals surface area contributed by atoms with E-state index in [0.717, 1.165) is 11.1 Å². The van der Waals surface area contributed by atoms with Crippen LogP contribution in [0.1, 0.15) is 37.9 Å². The average Bonchev–Trinajstić information content (AvgIpc) is 2.27. The molecule has 1 aromatic rings. The summed E-state index contributed by atoms with van der Waals surface area (Å²) >= 11 is 5.98. The van der Waals surface area contributed by atoms with Gasteiger partial charge in [-0.2, -0.15) is 0 Å². The Hall–Kier alpha value is -1.26. The van der Waals surface area contributed by atoms with E-state index >= 15 is 0 Å². The summed E-state index contributed by atoms with van der Waals surface area (Å²) in [4.78, 5) is 11.7. The highest BCUT2D eigenvalue weighted by atomic mass is 35.5. The van der Waals surface area contributed by atoms with Crippen LogP contribution in [0.15, 0.2) is 18.2 Å². The number of aryl methyl sites for hydroxylation is 1. The Morgan fingerprint density at radius 2 is 2.11 bits per heavy atom. The third-order valence-electron chi connectivity index (χ3n) is 2.51. The van der Waals surface area contributed by atoms with Gasteiger partial charge in [-0.05, 0) is 44.9 Å². The molecule has 0 bridgehead atoms. The van der Waals surface area contributed by atoms with Crippen LogP contribution in [-0.4, -0.2) is 18.2 Å². The normalized spacial score (nSPS) is 12.9. The first kappa shape index (κ1) is 15.8. The first-order valence-corrected chi connectivity index (χ1v) is 6.56. The van der Waals surface area contributed by atoms with Crippen molar-refractivity contribution >= 4 is 17.7 Å². The number of rotatable bonds is 3. The van der Waals surface area contributed by atoms with E-state index in [1.165, 1.54) is 0 Å². The second kappa shape index (κ2) is 6.26. The number of halogens is 1. The van der Waals surface area contributed by atoms with Crippen LogP contribution in [0, 0.1) is 6.92 Å². The zero-order valence-corrected chi connectivity index (χ0v) is 12.5. The van der Waals surface area contributed by atoms with E-state index in [2.05, 4.69) is 5.32 Å². The number of alkyl carbamates (subject to hydrolysis) is 1. The zero-order valence-electron chi connectivity index (χ0n) is 11.8. The first-order valence-electron chi connectivity index (χ1n) is 6.18. The lowest BCUT2D eigenvalue weighted by molar-refractivity contribution is 0.0505. The molecular formula is C14H21ClN2O2. The maximum Gasteiger partial charge on any atom is 0.408 e. The van der Waals surface area contributed by atoms with Gasteiger partial charge in [0.2, 0.25) is 0 Å². The van der Waals surface area contributed by atoms with Crippen LogP contribution in [0.3, 0.4) is 0 Å². The molecule has 4 nitrogen and oxygen atoms in total. The average molecular weight is 285 g/mol. The van der Waals surface area contributed by atoms with Crippen LogP contribution in [0.2, 0.25) is 5.02 Å². The van der Waals surface area contributed by atoms with Crippen LogP contribution in [0.4, 0.5) is 4.79 Å². The van der Waals surface area contributed by atoms with Crippen LogP contribution < -0.4 is 11.1 Å². The third-order valence-corrected chi connectivity index (χ3v) is 2.94. The summed E-state index contributed by atoms with van der Waals surface area (Å²) in [5.41, 5.74) is 7.03. The Kier molecular flexibility index (Phi) is 5.20. The van der Waals surface area contributed by atoms with E-state index in [9.17, 15) is 4.79 Å². The fraction of sp³-hybridized carbons (Fsp3) is 0.500. The molecule has 0 aliphatic carbocycles. The predicted octanol–water partition coefficient (Wildman–Crippen LogP) is 3.17. The molecule has 0 radical (unpaired) electrons. The van der Waals surface area contributed by atoms with Crippen LogP contribution in [0.25, 0.3) is 0 Å². The number of hydrogen-bond donors (Lipinski definition) is 2. The van der Waals surface area contributed by atoms with E-state index in [1.54, 1.807) is 6.07 Å². The number of nitrogens with one attached hydrogen (secondary N) is 1. The van der Waals surface area contributed by atoms with Crippen molar-refractivity contribution in [1.82, 2.24) is 5.32 Å². The Morgan fingerprint density at radius 3 is 2.58 bits per heavy atom. The van der Waals surface area contributed by atoms with Crippen LogP contribution in [0.5, 0.6) is 0 Å². The van der Waals surface area contributed by atoms with Gasteiger partial charge >= 0.3 is 6.09 Å². The molecule has 1 rings (SSSR count). The molecule has 0 saturated heterocycles. The topological polar surface area (TPSA) is 64.3 Å². The van der Waals surface area contributed by atoms with Gasteiger partial charge in [0.1, 0.15) is 5.60 Å². The van der Waals surface area contributed by atoms with Gasteiger partial charge in [0.05, 0.1) is 6.04 Å². The standard InChI is InChI=1S/C14H21ClN2O2/c1-9-7-10(5-6-11(9)15)12(8-16)17-13(18)19-14(2,3)4/h5-7,12H,8,16H2,1-4H3,(H,17,18). The molecule has 0 heterocycles. The molecular weight excluding hydrogens is 264 g/mol. The number of benzene rings is 1. The summed E-state index contributed by atoms with van der Waals surface area (Å²) in [5.74, 6) is 0. The second-order valence-corrected chi connectivity index (χ2v) is 5.85. The zero-order chi connectivity index (χ0) is 14.6. The van der Waals surface area contributed by atoms with E-state index in [1.807, 2.05) is 39.8 Å². The second-order valence-electron chi connectivity index (χ2n) is 5.44. The van der Waals surface area contributed by atoms with Crippen molar-refractivity contribution in [2.75, 3.05) is 6.54 Å². The number of hydrogen-bond acceptors (Lipinski definition) is 3. The molecule has 0 aromatic heterocycles. The van der Waals surface area contributed by atoms with Crippen LogP contribution in [-0.2, 0) is 4.74 Å². The van der Waals surface area contributed by atoms with Gasteiger partial charge in [0.15, 0.2) is 0 Å². The van der Waals surface area contributed by atoms with Gasteiger partial charge in [0, 0.05) is 11.6 Å². The smallest absolute Gasteiger partial charge is 0.408 e. The SMILES string of the molecule is Cc1cc(C(CN)NC(=O)OC(C)(C)C)ccc1Cl. The molecule has 0 fully saturated rings. The summed E-state index contributed by atoms with van der Waals surface area (Å²) in [5, 5.41) is 3.45. The van der Waals surface area contributed by atoms with Crippen molar-refractivity contribution in [2.45, 2.75) is 39.3 Å². The molecule has 1 aromatic carbocycles. The van der Waals surface area contributed by atoms with Gasteiger partial charge in [-0.25, -0.2) is 4.79 Å². The molecule has 0 aliphatic rings. The van der Waals surface area contributed by atoms with Crippen molar-refractivity contribution in [3.8, 4) is 0 Å². The molecule has 0 aliphatic heterocycles. The first-order chi connectivity index (χ1) is 8.73. The minimum Gasteiger partial charge on any atom is -0.444 e. The van der Waals surface area contributed by atoms with E-state index < -0.39 is 11.7 Å². The Balaban J connectivity index is 2.78.